The quantitative estimate of drug-likeness (QED) is 0.368. The Kier molecular flexibility index (Phi) is 6.37. The molecule has 0 aliphatic rings. The zero-order valence-electron chi connectivity index (χ0n) is 17.4. The van der Waals surface area contributed by atoms with Gasteiger partial charge >= 0.3 is 6.18 Å². The SMILES string of the molecule is O=c1c(-c2ccc(O)cc2)coc2cc(OCCNCc3cccc(C(F)(F)F)c3)ccc12. The van der Waals surface area contributed by atoms with Crippen molar-refractivity contribution < 1.29 is 27.4 Å². The highest BCUT2D eigenvalue weighted by atomic mass is 19.4. The van der Waals surface area contributed by atoms with Gasteiger partial charge in [0.1, 0.15) is 30.0 Å². The lowest BCUT2D eigenvalue weighted by atomic mass is 10.1. The summed E-state index contributed by atoms with van der Waals surface area (Å²) >= 11 is 0. The van der Waals surface area contributed by atoms with Crippen LogP contribution in [0.25, 0.3) is 22.1 Å². The molecule has 0 amide bonds. The summed E-state index contributed by atoms with van der Waals surface area (Å²) in [6.07, 6.45) is -2.99. The van der Waals surface area contributed by atoms with Crippen molar-refractivity contribution >= 4 is 11.0 Å². The predicted molar refractivity (Wildman–Crippen MR) is 118 cm³/mol. The minimum atomic E-state index is -4.37. The summed E-state index contributed by atoms with van der Waals surface area (Å²) in [5.41, 5.74) is 1.05. The summed E-state index contributed by atoms with van der Waals surface area (Å²) in [6, 6.07) is 16.3. The fraction of sp³-hybridized carbons (Fsp3) is 0.160. The topological polar surface area (TPSA) is 71.7 Å². The zero-order valence-corrected chi connectivity index (χ0v) is 17.4. The van der Waals surface area contributed by atoms with E-state index in [9.17, 15) is 23.1 Å². The first-order chi connectivity index (χ1) is 15.8. The maximum atomic E-state index is 12.8. The smallest absolute Gasteiger partial charge is 0.416 e. The maximum Gasteiger partial charge on any atom is 0.416 e. The Labute approximate surface area is 187 Å². The number of ether oxygens (including phenoxy) is 1. The fourth-order valence-electron chi connectivity index (χ4n) is 3.37. The molecule has 0 unspecified atom stereocenters. The van der Waals surface area contributed by atoms with Gasteiger partial charge in [0.05, 0.1) is 16.5 Å². The Bertz CT molecular complexity index is 1310. The third-order valence-corrected chi connectivity index (χ3v) is 5.06. The molecule has 0 bridgehead atoms. The monoisotopic (exact) mass is 455 g/mol. The van der Waals surface area contributed by atoms with Crippen LogP contribution in [0.3, 0.4) is 0 Å². The second kappa shape index (κ2) is 9.38. The van der Waals surface area contributed by atoms with Gasteiger partial charge in [-0.2, -0.15) is 13.2 Å². The molecule has 0 spiro atoms. The molecule has 0 aliphatic heterocycles. The number of hydrogen-bond acceptors (Lipinski definition) is 5. The van der Waals surface area contributed by atoms with Crippen molar-refractivity contribution in [1.29, 1.82) is 0 Å². The van der Waals surface area contributed by atoms with E-state index in [0.29, 0.717) is 40.0 Å². The molecular formula is C25H20F3NO4. The molecule has 1 heterocycles. The van der Waals surface area contributed by atoms with Crippen molar-refractivity contribution in [2.24, 2.45) is 0 Å². The molecule has 4 rings (SSSR count). The number of fused-ring (bicyclic) bond motifs is 1. The van der Waals surface area contributed by atoms with E-state index in [1.54, 1.807) is 36.4 Å². The van der Waals surface area contributed by atoms with Crippen LogP contribution in [-0.4, -0.2) is 18.3 Å². The van der Waals surface area contributed by atoms with Gasteiger partial charge < -0.3 is 19.6 Å². The maximum absolute atomic E-state index is 12.8. The van der Waals surface area contributed by atoms with Crippen molar-refractivity contribution in [2.75, 3.05) is 13.2 Å². The van der Waals surface area contributed by atoms with Gasteiger partial charge in [0, 0.05) is 19.2 Å². The van der Waals surface area contributed by atoms with E-state index in [2.05, 4.69) is 5.32 Å². The highest BCUT2D eigenvalue weighted by molar-refractivity contribution is 5.82. The van der Waals surface area contributed by atoms with Crippen LogP contribution in [0.5, 0.6) is 11.5 Å². The lowest BCUT2D eigenvalue weighted by Crippen LogP contribution is -2.21. The molecule has 0 fully saturated rings. The summed E-state index contributed by atoms with van der Waals surface area (Å²) in [5.74, 6) is 0.610. The molecular weight excluding hydrogens is 435 g/mol. The molecule has 0 aliphatic carbocycles. The standard InChI is InChI=1S/C25H20F3NO4/c26-25(27,28)18-3-1-2-16(12-18)14-29-10-11-32-20-8-9-21-23(13-20)33-15-22(24(21)31)17-4-6-19(30)7-5-17/h1-9,12-13,15,29-30H,10-11,14H2. The molecule has 2 N–H and O–H groups in total. The van der Waals surface area contributed by atoms with E-state index < -0.39 is 11.7 Å². The van der Waals surface area contributed by atoms with Gasteiger partial charge in [-0.15, -0.1) is 0 Å². The van der Waals surface area contributed by atoms with Crippen LogP contribution < -0.4 is 15.5 Å². The van der Waals surface area contributed by atoms with Gasteiger partial charge in [-0.25, -0.2) is 0 Å². The number of hydrogen-bond donors (Lipinski definition) is 2. The first-order valence-electron chi connectivity index (χ1n) is 10.2. The van der Waals surface area contributed by atoms with E-state index in [4.69, 9.17) is 9.15 Å². The van der Waals surface area contributed by atoms with E-state index in [1.807, 2.05) is 0 Å². The Balaban J connectivity index is 1.35. The highest BCUT2D eigenvalue weighted by Crippen LogP contribution is 2.29. The number of alkyl halides is 3. The number of halogens is 3. The summed E-state index contributed by atoms with van der Waals surface area (Å²) < 4.78 is 49.6. The molecule has 0 saturated heterocycles. The van der Waals surface area contributed by atoms with Crippen LogP contribution in [0.4, 0.5) is 13.2 Å². The third-order valence-electron chi connectivity index (χ3n) is 5.06. The lowest BCUT2D eigenvalue weighted by Gasteiger charge is -2.10. The highest BCUT2D eigenvalue weighted by Gasteiger charge is 2.30. The molecule has 0 radical (unpaired) electrons. The van der Waals surface area contributed by atoms with Crippen LogP contribution in [0.15, 0.2) is 82.2 Å². The van der Waals surface area contributed by atoms with Gasteiger partial charge in [-0.05, 0) is 41.5 Å². The molecule has 170 valence electrons. The molecule has 0 saturated carbocycles. The van der Waals surface area contributed by atoms with Gasteiger partial charge in [0.2, 0.25) is 0 Å². The minimum Gasteiger partial charge on any atom is -0.508 e. The second-order valence-corrected chi connectivity index (χ2v) is 7.41. The summed E-state index contributed by atoms with van der Waals surface area (Å²) in [7, 11) is 0. The number of benzene rings is 3. The van der Waals surface area contributed by atoms with Crippen molar-refractivity contribution in [3.63, 3.8) is 0 Å². The first-order valence-corrected chi connectivity index (χ1v) is 10.2. The zero-order chi connectivity index (χ0) is 23.4. The molecule has 0 atom stereocenters. The van der Waals surface area contributed by atoms with E-state index in [1.165, 1.54) is 24.5 Å². The predicted octanol–water partition coefficient (Wildman–Crippen LogP) is 5.35. The lowest BCUT2D eigenvalue weighted by molar-refractivity contribution is -0.137. The summed E-state index contributed by atoms with van der Waals surface area (Å²) in [5, 5.41) is 12.9. The number of phenols is 1. The third kappa shape index (κ3) is 5.35. The molecule has 4 aromatic rings. The second-order valence-electron chi connectivity index (χ2n) is 7.41. The van der Waals surface area contributed by atoms with Crippen molar-refractivity contribution in [1.82, 2.24) is 5.32 Å². The largest absolute Gasteiger partial charge is 0.508 e. The van der Waals surface area contributed by atoms with Crippen LogP contribution in [-0.2, 0) is 12.7 Å². The average molecular weight is 455 g/mol. The molecule has 3 aromatic carbocycles. The Morgan fingerprint density at radius 3 is 2.55 bits per heavy atom. The Morgan fingerprint density at radius 1 is 1.00 bits per heavy atom. The number of rotatable bonds is 7. The Hall–Kier alpha value is -3.78. The van der Waals surface area contributed by atoms with Crippen LogP contribution >= 0.6 is 0 Å². The van der Waals surface area contributed by atoms with Gasteiger partial charge in [0.15, 0.2) is 5.43 Å². The summed E-state index contributed by atoms with van der Waals surface area (Å²) in [6.45, 7) is 0.970. The van der Waals surface area contributed by atoms with Gasteiger partial charge in [-0.3, -0.25) is 4.79 Å². The molecule has 1 aromatic heterocycles. The van der Waals surface area contributed by atoms with Crippen molar-refractivity contribution in [2.45, 2.75) is 12.7 Å². The molecule has 33 heavy (non-hydrogen) atoms. The van der Waals surface area contributed by atoms with Crippen LogP contribution in [0.2, 0.25) is 0 Å². The van der Waals surface area contributed by atoms with Crippen LogP contribution in [0.1, 0.15) is 11.1 Å². The van der Waals surface area contributed by atoms with Gasteiger partial charge in [0.25, 0.3) is 0 Å². The minimum absolute atomic E-state index is 0.107. The van der Waals surface area contributed by atoms with Crippen molar-refractivity contribution in [3.8, 4) is 22.6 Å². The molecule has 8 heteroatoms. The number of nitrogens with one attached hydrogen (secondary N) is 1. The van der Waals surface area contributed by atoms with Crippen LogP contribution in [0, 0.1) is 0 Å². The van der Waals surface area contributed by atoms with E-state index in [0.717, 1.165) is 12.1 Å². The number of aromatic hydroxyl groups is 1. The normalized spacial score (nSPS) is 11.6. The fourth-order valence-corrected chi connectivity index (χ4v) is 3.37. The van der Waals surface area contributed by atoms with E-state index in [-0.39, 0.29) is 24.3 Å². The van der Waals surface area contributed by atoms with Gasteiger partial charge in [-0.1, -0.05) is 30.3 Å². The average Bonchev–Trinajstić information content (AvgIpc) is 2.79. The Morgan fingerprint density at radius 2 is 1.79 bits per heavy atom. The molecule has 5 nitrogen and oxygen atoms in total. The first kappa shape index (κ1) is 22.4. The van der Waals surface area contributed by atoms with E-state index >= 15 is 0 Å². The summed E-state index contributed by atoms with van der Waals surface area (Å²) in [4.78, 5) is 12.8. The van der Waals surface area contributed by atoms with Crippen molar-refractivity contribution in [3.05, 3.63) is 94.3 Å². The number of phenolic OH excluding ortho intramolecular Hbond substituents is 1.